The second kappa shape index (κ2) is 7.31. The van der Waals surface area contributed by atoms with Gasteiger partial charge in [0.05, 0.1) is 19.3 Å². The summed E-state index contributed by atoms with van der Waals surface area (Å²) in [5, 5.41) is 2.88. The fourth-order valence-electron chi connectivity index (χ4n) is 2.21. The molecule has 0 saturated heterocycles. The van der Waals surface area contributed by atoms with Gasteiger partial charge < -0.3 is 20.5 Å². The fourth-order valence-corrected chi connectivity index (χ4v) is 2.21. The topological polar surface area (TPSA) is 73.6 Å². The van der Waals surface area contributed by atoms with Crippen LogP contribution in [0.25, 0.3) is 0 Å². The van der Waals surface area contributed by atoms with Crippen molar-refractivity contribution in [1.82, 2.24) is 5.32 Å². The molecule has 0 bridgehead atoms. The van der Waals surface area contributed by atoms with Crippen molar-refractivity contribution < 1.29 is 14.3 Å². The number of carbonyl (C=O) groups is 1. The van der Waals surface area contributed by atoms with Crippen molar-refractivity contribution in [3.05, 3.63) is 23.8 Å². The molecule has 1 aromatic carbocycles. The Morgan fingerprint density at radius 3 is 2.90 bits per heavy atom. The quantitative estimate of drug-likeness (QED) is 0.868. The molecule has 0 saturated carbocycles. The minimum atomic E-state index is -0.477. The number of nitrogens with two attached hydrogens (primary N) is 1. The lowest BCUT2D eigenvalue weighted by Crippen LogP contribution is -2.44. The highest BCUT2D eigenvalue weighted by molar-refractivity contribution is 5.81. The number of benzene rings is 1. The summed E-state index contributed by atoms with van der Waals surface area (Å²) in [6.45, 7) is 5.69. The Hall–Kier alpha value is -1.75. The molecule has 2 unspecified atom stereocenters. The number of hydrogen-bond donors (Lipinski definition) is 2. The first kappa shape index (κ1) is 15.6. The summed E-state index contributed by atoms with van der Waals surface area (Å²) < 4.78 is 11.4. The predicted octanol–water partition coefficient (Wildman–Crippen LogP) is 1.84. The first-order valence-corrected chi connectivity index (χ1v) is 7.54. The van der Waals surface area contributed by atoms with Gasteiger partial charge in [-0.25, -0.2) is 0 Å². The van der Waals surface area contributed by atoms with E-state index in [1.165, 1.54) is 0 Å². The van der Waals surface area contributed by atoms with Crippen molar-refractivity contribution in [1.29, 1.82) is 0 Å². The summed E-state index contributed by atoms with van der Waals surface area (Å²) in [5.41, 5.74) is 6.85. The van der Waals surface area contributed by atoms with Crippen LogP contribution in [-0.4, -0.2) is 25.2 Å². The largest absolute Gasteiger partial charge is 0.490 e. The molecule has 3 N–H and O–H groups in total. The van der Waals surface area contributed by atoms with Crippen LogP contribution >= 0.6 is 0 Å². The van der Waals surface area contributed by atoms with Crippen LogP contribution < -0.4 is 20.5 Å². The summed E-state index contributed by atoms with van der Waals surface area (Å²) in [6, 6.07) is 5.25. The normalized spacial score (nSPS) is 16.7. The maximum Gasteiger partial charge on any atom is 0.237 e. The van der Waals surface area contributed by atoms with Gasteiger partial charge in [0, 0.05) is 18.5 Å². The smallest absolute Gasteiger partial charge is 0.237 e. The minimum Gasteiger partial charge on any atom is -0.490 e. The highest BCUT2D eigenvalue weighted by Crippen LogP contribution is 2.33. The predicted molar refractivity (Wildman–Crippen MR) is 81.3 cm³/mol. The maximum absolute atomic E-state index is 12.0. The molecule has 1 aliphatic heterocycles. The van der Waals surface area contributed by atoms with Crippen molar-refractivity contribution in [2.75, 3.05) is 13.2 Å². The van der Waals surface area contributed by atoms with E-state index in [-0.39, 0.29) is 11.8 Å². The Morgan fingerprint density at radius 2 is 2.14 bits per heavy atom. The maximum atomic E-state index is 12.0. The highest BCUT2D eigenvalue weighted by Gasteiger charge is 2.20. The number of amides is 1. The molecule has 21 heavy (non-hydrogen) atoms. The van der Waals surface area contributed by atoms with Crippen LogP contribution in [-0.2, 0) is 11.3 Å². The van der Waals surface area contributed by atoms with E-state index < -0.39 is 6.04 Å². The molecule has 1 aliphatic rings. The lowest BCUT2D eigenvalue weighted by Gasteiger charge is -2.18. The second-order valence-corrected chi connectivity index (χ2v) is 5.42. The zero-order valence-corrected chi connectivity index (χ0v) is 12.7. The molecule has 2 atom stereocenters. The molecular formula is C16H24N2O3. The van der Waals surface area contributed by atoms with Crippen LogP contribution in [0.5, 0.6) is 11.5 Å². The number of hydrogen-bond acceptors (Lipinski definition) is 4. The molecule has 0 radical (unpaired) electrons. The van der Waals surface area contributed by atoms with Gasteiger partial charge in [0.15, 0.2) is 11.5 Å². The molecular weight excluding hydrogens is 268 g/mol. The molecule has 1 aromatic rings. The van der Waals surface area contributed by atoms with Crippen molar-refractivity contribution in [3.63, 3.8) is 0 Å². The van der Waals surface area contributed by atoms with E-state index in [9.17, 15) is 4.79 Å². The molecule has 5 nitrogen and oxygen atoms in total. The van der Waals surface area contributed by atoms with Gasteiger partial charge >= 0.3 is 0 Å². The van der Waals surface area contributed by atoms with Gasteiger partial charge in [0.1, 0.15) is 0 Å². The number of carbonyl (C=O) groups excluding carboxylic acids is 1. The van der Waals surface area contributed by atoms with E-state index >= 15 is 0 Å². The fraction of sp³-hybridized carbons (Fsp3) is 0.562. The molecule has 0 aromatic heterocycles. The third-order valence-electron chi connectivity index (χ3n) is 3.87. The van der Waals surface area contributed by atoms with E-state index in [1.54, 1.807) is 0 Å². The molecule has 0 fully saturated rings. The summed E-state index contributed by atoms with van der Waals surface area (Å²) >= 11 is 0. The van der Waals surface area contributed by atoms with Crippen LogP contribution in [0.15, 0.2) is 18.2 Å². The lowest BCUT2D eigenvalue weighted by molar-refractivity contribution is -0.123. The summed E-state index contributed by atoms with van der Waals surface area (Å²) in [4.78, 5) is 12.0. The minimum absolute atomic E-state index is 0.128. The second-order valence-electron chi connectivity index (χ2n) is 5.42. The summed E-state index contributed by atoms with van der Waals surface area (Å²) in [5.74, 6) is 1.51. The average molecular weight is 292 g/mol. The molecule has 5 heteroatoms. The molecule has 0 aliphatic carbocycles. The van der Waals surface area contributed by atoms with Crippen LogP contribution in [0.3, 0.4) is 0 Å². The summed E-state index contributed by atoms with van der Waals surface area (Å²) in [7, 11) is 0. The van der Waals surface area contributed by atoms with E-state index in [0.717, 1.165) is 29.9 Å². The van der Waals surface area contributed by atoms with Gasteiger partial charge in [-0.3, -0.25) is 4.79 Å². The molecule has 1 amide bonds. The molecule has 0 spiro atoms. The zero-order valence-electron chi connectivity index (χ0n) is 12.7. The lowest BCUT2D eigenvalue weighted by atomic mass is 9.99. The first-order valence-electron chi connectivity index (χ1n) is 7.54. The standard InChI is InChI=1S/C16H24N2O3/c1-3-11(2)14(17)16(19)18-10-12-6-4-7-13-15(12)21-9-5-8-20-13/h4,6-7,11,14H,3,5,8-10,17H2,1-2H3,(H,18,19). The summed E-state index contributed by atoms with van der Waals surface area (Å²) in [6.07, 6.45) is 1.74. The van der Waals surface area contributed by atoms with E-state index in [0.29, 0.717) is 19.8 Å². The van der Waals surface area contributed by atoms with E-state index in [4.69, 9.17) is 15.2 Å². The van der Waals surface area contributed by atoms with Gasteiger partial charge in [0.25, 0.3) is 0 Å². The first-order chi connectivity index (χ1) is 10.1. The third kappa shape index (κ3) is 3.88. The SMILES string of the molecule is CCC(C)C(N)C(=O)NCc1cccc2c1OCCCO2. The van der Waals surface area contributed by atoms with Gasteiger partial charge in [-0.15, -0.1) is 0 Å². The van der Waals surface area contributed by atoms with Crippen molar-refractivity contribution in [2.24, 2.45) is 11.7 Å². The van der Waals surface area contributed by atoms with Crippen LogP contribution in [0.2, 0.25) is 0 Å². The van der Waals surface area contributed by atoms with Crippen molar-refractivity contribution in [3.8, 4) is 11.5 Å². The van der Waals surface area contributed by atoms with Gasteiger partial charge in [-0.1, -0.05) is 32.4 Å². The number of rotatable bonds is 5. The Kier molecular flexibility index (Phi) is 5.44. The Labute approximate surface area is 125 Å². The zero-order chi connectivity index (χ0) is 15.2. The number of nitrogens with one attached hydrogen (secondary N) is 1. The van der Waals surface area contributed by atoms with Gasteiger partial charge in [0.2, 0.25) is 5.91 Å². The molecule has 2 rings (SSSR count). The Morgan fingerprint density at radius 1 is 1.38 bits per heavy atom. The third-order valence-corrected chi connectivity index (χ3v) is 3.87. The van der Waals surface area contributed by atoms with Gasteiger partial charge in [-0.05, 0) is 12.0 Å². The van der Waals surface area contributed by atoms with Crippen molar-refractivity contribution in [2.45, 2.75) is 39.3 Å². The molecule has 116 valence electrons. The average Bonchev–Trinajstić information content (AvgIpc) is 2.76. The van der Waals surface area contributed by atoms with Crippen LogP contribution in [0.4, 0.5) is 0 Å². The number of fused-ring (bicyclic) bond motifs is 1. The highest BCUT2D eigenvalue weighted by atomic mass is 16.5. The monoisotopic (exact) mass is 292 g/mol. The number of para-hydroxylation sites is 1. The van der Waals surface area contributed by atoms with Crippen molar-refractivity contribution >= 4 is 5.91 Å². The Bertz CT molecular complexity index is 490. The van der Waals surface area contributed by atoms with Gasteiger partial charge in [-0.2, -0.15) is 0 Å². The molecule has 1 heterocycles. The Balaban J connectivity index is 2.02. The van der Waals surface area contributed by atoms with E-state index in [1.807, 2.05) is 32.0 Å². The van der Waals surface area contributed by atoms with Crippen LogP contribution in [0, 0.1) is 5.92 Å². The van der Waals surface area contributed by atoms with Crippen LogP contribution in [0.1, 0.15) is 32.3 Å². The number of ether oxygens (including phenoxy) is 2. The van der Waals surface area contributed by atoms with E-state index in [2.05, 4.69) is 5.32 Å².